The van der Waals surface area contributed by atoms with E-state index >= 15 is 0 Å². The first-order valence-corrected chi connectivity index (χ1v) is 5.64. The molecule has 0 spiro atoms. The van der Waals surface area contributed by atoms with Crippen LogP contribution in [-0.2, 0) is 0 Å². The standard InChI is InChI=1S/C14H9BF4O/c1-6-8(3-7(16)4-9(6)17)12-13(15)10(18)5-11(19)14(12)20-2/h3-5H,1-2H3. The van der Waals surface area contributed by atoms with Crippen molar-refractivity contribution >= 4 is 13.3 Å². The maximum Gasteiger partial charge on any atom is 0.168 e. The molecule has 2 radical (unpaired) electrons. The van der Waals surface area contributed by atoms with Gasteiger partial charge >= 0.3 is 0 Å². The molecule has 2 rings (SSSR count). The molecule has 0 saturated heterocycles. The zero-order valence-electron chi connectivity index (χ0n) is 10.7. The summed E-state index contributed by atoms with van der Waals surface area (Å²) in [6.07, 6.45) is 0. The zero-order valence-corrected chi connectivity index (χ0v) is 10.7. The van der Waals surface area contributed by atoms with Gasteiger partial charge in [0.15, 0.2) is 11.6 Å². The fourth-order valence-electron chi connectivity index (χ4n) is 1.99. The third kappa shape index (κ3) is 2.26. The number of rotatable bonds is 2. The van der Waals surface area contributed by atoms with Crippen molar-refractivity contribution in [3.05, 3.63) is 47.0 Å². The highest BCUT2D eigenvalue weighted by atomic mass is 19.1. The third-order valence-electron chi connectivity index (χ3n) is 3.01. The molecule has 0 atom stereocenters. The smallest absolute Gasteiger partial charge is 0.168 e. The second-order valence-corrected chi connectivity index (χ2v) is 4.22. The molecule has 0 saturated carbocycles. The highest BCUT2D eigenvalue weighted by Crippen LogP contribution is 2.34. The summed E-state index contributed by atoms with van der Waals surface area (Å²) in [7, 11) is 6.72. The van der Waals surface area contributed by atoms with Gasteiger partial charge in [-0.1, -0.05) is 5.46 Å². The van der Waals surface area contributed by atoms with Gasteiger partial charge < -0.3 is 4.74 Å². The van der Waals surface area contributed by atoms with Gasteiger partial charge in [-0.05, 0) is 24.1 Å². The van der Waals surface area contributed by atoms with Crippen molar-refractivity contribution in [2.45, 2.75) is 6.92 Å². The Labute approximate surface area is 114 Å². The molecule has 0 bridgehead atoms. The van der Waals surface area contributed by atoms with Crippen molar-refractivity contribution in [2.75, 3.05) is 7.11 Å². The summed E-state index contributed by atoms with van der Waals surface area (Å²) in [5.41, 5.74) is -0.686. The topological polar surface area (TPSA) is 9.23 Å². The first kappa shape index (κ1) is 14.4. The molecular weight excluding hydrogens is 271 g/mol. The summed E-state index contributed by atoms with van der Waals surface area (Å²) >= 11 is 0. The van der Waals surface area contributed by atoms with E-state index in [1.54, 1.807) is 0 Å². The Balaban J connectivity index is 2.88. The van der Waals surface area contributed by atoms with Crippen LogP contribution in [0.4, 0.5) is 17.6 Å². The lowest BCUT2D eigenvalue weighted by Gasteiger charge is -2.16. The van der Waals surface area contributed by atoms with Crippen LogP contribution in [0.25, 0.3) is 11.1 Å². The minimum Gasteiger partial charge on any atom is -0.493 e. The van der Waals surface area contributed by atoms with E-state index in [0.29, 0.717) is 12.1 Å². The molecule has 0 unspecified atom stereocenters. The number of hydrogen-bond donors (Lipinski definition) is 0. The molecule has 2 aromatic carbocycles. The van der Waals surface area contributed by atoms with Crippen LogP contribution in [-0.4, -0.2) is 15.0 Å². The Hall–Kier alpha value is -1.98. The molecule has 0 aromatic heterocycles. The fourth-order valence-corrected chi connectivity index (χ4v) is 1.99. The molecule has 20 heavy (non-hydrogen) atoms. The van der Waals surface area contributed by atoms with Crippen molar-refractivity contribution < 1.29 is 22.3 Å². The Kier molecular flexibility index (Phi) is 3.75. The van der Waals surface area contributed by atoms with E-state index in [-0.39, 0.29) is 22.4 Å². The number of hydrogen-bond acceptors (Lipinski definition) is 1. The molecule has 2 aromatic rings. The normalized spacial score (nSPS) is 10.7. The molecule has 1 nitrogen and oxygen atoms in total. The summed E-state index contributed by atoms with van der Waals surface area (Å²) in [5, 5.41) is 0. The van der Waals surface area contributed by atoms with Crippen LogP contribution in [0.1, 0.15) is 5.56 Å². The van der Waals surface area contributed by atoms with E-state index in [1.165, 1.54) is 6.92 Å². The lowest BCUT2D eigenvalue weighted by Crippen LogP contribution is -2.16. The molecule has 0 aliphatic carbocycles. The van der Waals surface area contributed by atoms with E-state index in [0.717, 1.165) is 13.2 Å². The van der Waals surface area contributed by atoms with Gasteiger partial charge in [0.05, 0.1) is 7.11 Å². The van der Waals surface area contributed by atoms with Gasteiger partial charge in [0.2, 0.25) is 0 Å². The minimum atomic E-state index is -1.03. The van der Waals surface area contributed by atoms with E-state index in [9.17, 15) is 17.6 Å². The van der Waals surface area contributed by atoms with E-state index < -0.39 is 28.7 Å². The number of halogens is 4. The number of ether oxygens (including phenoxy) is 1. The Morgan fingerprint density at radius 1 is 0.950 bits per heavy atom. The highest BCUT2D eigenvalue weighted by Gasteiger charge is 2.21. The summed E-state index contributed by atoms with van der Waals surface area (Å²) in [4.78, 5) is 0. The average Bonchev–Trinajstić information content (AvgIpc) is 2.38. The van der Waals surface area contributed by atoms with Crippen LogP contribution in [0, 0.1) is 30.2 Å². The summed E-state index contributed by atoms with van der Waals surface area (Å²) in [5.74, 6) is -4.11. The average molecular weight is 280 g/mol. The van der Waals surface area contributed by atoms with Crippen LogP contribution in [0.5, 0.6) is 5.75 Å². The van der Waals surface area contributed by atoms with E-state index in [2.05, 4.69) is 0 Å². The summed E-state index contributed by atoms with van der Waals surface area (Å²) in [6, 6.07) is 2.19. The maximum atomic E-state index is 13.7. The Morgan fingerprint density at radius 2 is 1.60 bits per heavy atom. The van der Waals surface area contributed by atoms with Gasteiger partial charge in [-0.2, -0.15) is 0 Å². The molecule has 6 heteroatoms. The van der Waals surface area contributed by atoms with Gasteiger partial charge in [0.25, 0.3) is 0 Å². The van der Waals surface area contributed by atoms with Crippen molar-refractivity contribution in [1.29, 1.82) is 0 Å². The van der Waals surface area contributed by atoms with Crippen molar-refractivity contribution in [1.82, 2.24) is 0 Å². The molecular formula is C14H9BF4O. The lowest BCUT2D eigenvalue weighted by molar-refractivity contribution is 0.386. The molecule has 0 N–H and O–H groups in total. The molecule has 0 aliphatic heterocycles. The SMILES string of the molecule is [B]c1c(F)cc(F)c(OC)c1-c1cc(F)cc(F)c1C. The third-order valence-corrected chi connectivity index (χ3v) is 3.01. The van der Waals surface area contributed by atoms with E-state index in [4.69, 9.17) is 12.6 Å². The predicted molar refractivity (Wildman–Crippen MR) is 68.4 cm³/mol. The van der Waals surface area contributed by atoms with Gasteiger partial charge in [-0.3, -0.25) is 0 Å². The summed E-state index contributed by atoms with van der Waals surface area (Å²) < 4.78 is 59.0. The molecule has 0 fully saturated rings. The second kappa shape index (κ2) is 5.19. The van der Waals surface area contributed by atoms with Crippen molar-refractivity contribution in [3.8, 4) is 16.9 Å². The van der Waals surface area contributed by atoms with Crippen LogP contribution in [0.2, 0.25) is 0 Å². The Bertz CT molecular complexity index is 686. The second-order valence-electron chi connectivity index (χ2n) is 4.22. The van der Waals surface area contributed by atoms with Crippen LogP contribution in [0.3, 0.4) is 0 Å². The monoisotopic (exact) mass is 280 g/mol. The molecule has 0 aliphatic rings. The summed E-state index contributed by atoms with van der Waals surface area (Å²) in [6.45, 7) is 1.35. The first-order valence-electron chi connectivity index (χ1n) is 5.64. The minimum absolute atomic E-state index is 0.0152. The highest BCUT2D eigenvalue weighted by molar-refractivity contribution is 6.36. The van der Waals surface area contributed by atoms with E-state index in [1.807, 2.05) is 0 Å². The maximum absolute atomic E-state index is 13.7. The zero-order chi connectivity index (χ0) is 15.0. The van der Waals surface area contributed by atoms with Gasteiger partial charge in [-0.25, -0.2) is 17.6 Å². The quantitative estimate of drug-likeness (QED) is 0.607. The van der Waals surface area contributed by atoms with Crippen LogP contribution < -0.4 is 10.2 Å². The van der Waals surface area contributed by atoms with Crippen molar-refractivity contribution in [2.24, 2.45) is 0 Å². The van der Waals surface area contributed by atoms with Gasteiger partial charge in [0, 0.05) is 17.7 Å². The molecule has 102 valence electrons. The molecule has 0 amide bonds. The predicted octanol–water partition coefficient (Wildman–Crippen LogP) is 3.02. The molecule has 0 heterocycles. The largest absolute Gasteiger partial charge is 0.493 e. The van der Waals surface area contributed by atoms with Crippen LogP contribution in [0.15, 0.2) is 18.2 Å². The Morgan fingerprint density at radius 3 is 2.20 bits per heavy atom. The van der Waals surface area contributed by atoms with Gasteiger partial charge in [-0.15, -0.1) is 0 Å². The first-order chi connectivity index (χ1) is 9.36. The number of methoxy groups -OCH3 is 1. The fraction of sp³-hybridized carbons (Fsp3) is 0.143. The lowest BCUT2D eigenvalue weighted by atomic mass is 9.84. The number of benzene rings is 2. The van der Waals surface area contributed by atoms with Crippen molar-refractivity contribution in [3.63, 3.8) is 0 Å². The van der Waals surface area contributed by atoms with Crippen LogP contribution >= 0.6 is 0 Å². The van der Waals surface area contributed by atoms with Gasteiger partial charge in [0.1, 0.15) is 25.3 Å².